The van der Waals surface area contributed by atoms with E-state index in [4.69, 9.17) is 4.74 Å². The van der Waals surface area contributed by atoms with Crippen LogP contribution >= 0.6 is 15.9 Å². The summed E-state index contributed by atoms with van der Waals surface area (Å²) < 4.78 is 4.84. The highest BCUT2D eigenvalue weighted by atomic mass is 79.9. The van der Waals surface area contributed by atoms with Gasteiger partial charge in [0.15, 0.2) is 0 Å². The number of halogens is 1. The zero-order chi connectivity index (χ0) is 10.2. The van der Waals surface area contributed by atoms with Crippen LogP contribution in [0.15, 0.2) is 36.4 Å². The molecule has 0 unspecified atom stereocenters. The third-order valence-corrected chi connectivity index (χ3v) is 2.02. The molecule has 3 heteroatoms. The third-order valence-electron chi connectivity index (χ3n) is 1.56. The fraction of sp³-hybridized carbons (Fsp3) is 0.182. The van der Waals surface area contributed by atoms with Crippen molar-refractivity contribution >= 4 is 28.0 Å². The Labute approximate surface area is 91.7 Å². The van der Waals surface area contributed by atoms with Crippen molar-refractivity contribution in [2.45, 2.75) is 0 Å². The van der Waals surface area contributed by atoms with Crippen molar-refractivity contribution < 1.29 is 9.53 Å². The minimum absolute atomic E-state index is 0.242. The average molecular weight is 255 g/mol. The summed E-state index contributed by atoms with van der Waals surface area (Å²) in [6, 6.07) is 9.86. The molecule has 0 bridgehead atoms. The van der Waals surface area contributed by atoms with Gasteiger partial charge in [-0.1, -0.05) is 52.3 Å². The smallest absolute Gasteiger partial charge is 0.316 e. The number of hydrogen-bond acceptors (Lipinski definition) is 2. The van der Waals surface area contributed by atoms with Crippen LogP contribution < -0.4 is 0 Å². The Kier molecular flexibility index (Phi) is 5.00. The Morgan fingerprint density at radius 3 is 2.71 bits per heavy atom. The molecule has 1 rings (SSSR count). The highest BCUT2D eigenvalue weighted by Gasteiger charge is 1.94. The highest BCUT2D eigenvalue weighted by molar-refractivity contribution is 9.09. The van der Waals surface area contributed by atoms with E-state index < -0.39 is 0 Å². The molecule has 0 saturated heterocycles. The lowest BCUT2D eigenvalue weighted by atomic mass is 10.2. The van der Waals surface area contributed by atoms with Crippen LogP contribution in [0, 0.1) is 0 Å². The van der Waals surface area contributed by atoms with Gasteiger partial charge >= 0.3 is 5.97 Å². The van der Waals surface area contributed by atoms with Gasteiger partial charge in [-0.05, 0) is 11.6 Å². The van der Waals surface area contributed by atoms with Crippen LogP contribution in [0.3, 0.4) is 0 Å². The van der Waals surface area contributed by atoms with Crippen LogP contribution in [0.4, 0.5) is 0 Å². The van der Waals surface area contributed by atoms with Crippen molar-refractivity contribution in [1.29, 1.82) is 0 Å². The molecule has 0 heterocycles. The van der Waals surface area contributed by atoms with Crippen LogP contribution in [-0.4, -0.2) is 17.9 Å². The summed E-state index contributed by atoms with van der Waals surface area (Å²) in [5, 5.41) is 0.242. The van der Waals surface area contributed by atoms with Gasteiger partial charge in [0, 0.05) is 0 Å². The van der Waals surface area contributed by atoms with E-state index in [1.54, 1.807) is 0 Å². The Morgan fingerprint density at radius 1 is 1.36 bits per heavy atom. The molecule has 0 radical (unpaired) electrons. The zero-order valence-corrected chi connectivity index (χ0v) is 9.24. The van der Waals surface area contributed by atoms with E-state index in [0.29, 0.717) is 6.61 Å². The maximum absolute atomic E-state index is 10.7. The Balaban J connectivity index is 2.31. The number of alkyl halides is 1. The van der Waals surface area contributed by atoms with Gasteiger partial charge in [-0.25, -0.2) is 0 Å². The molecule has 0 aliphatic carbocycles. The fourth-order valence-corrected chi connectivity index (χ4v) is 1.09. The molecule has 14 heavy (non-hydrogen) atoms. The lowest BCUT2D eigenvalue weighted by Gasteiger charge is -1.96. The topological polar surface area (TPSA) is 26.3 Å². The second-order valence-corrected chi connectivity index (χ2v) is 3.19. The molecular weight excluding hydrogens is 244 g/mol. The van der Waals surface area contributed by atoms with Crippen LogP contribution in [-0.2, 0) is 9.53 Å². The van der Waals surface area contributed by atoms with Crippen LogP contribution in [0.1, 0.15) is 5.56 Å². The number of benzene rings is 1. The first-order valence-corrected chi connectivity index (χ1v) is 5.38. The minimum Gasteiger partial charge on any atom is -0.461 e. The molecule has 0 aliphatic heterocycles. The molecule has 0 atom stereocenters. The van der Waals surface area contributed by atoms with Gasteiger partial charge in [-0.2, -0.15) is 0 Å². The Bertz CT molecular complexity index is 306. The van der Waals surface area contributed by atoms with E-state index in [0.717, 1.165) is 5.56 Å². The molecule has 1 aromatic carbocycles. The first-order valence-electron chi connectivity index (χ1n) is 4.26. The summed E-state index contributed by atoms with van der Waals surface area (Å²) in [7, 11) is 0. The molecule has 0 aromatic heterocycles. The monoisotopic (exact) mass is 254 g/mol. The number of esters is 1. The quantitative estimate of drug-likeness (QED) is 0.610. The molecule has 0 N–H and O–H groups in total. The Hall–Kier alpha value is -1.09. The van der Waals surface area contributed by atoms with Gasteiger partial charge in [0.2, 0.25) is 0 Å². The molecular formula is C11H11BrO2. The average Bonchev–Trinajstić information content (AvgIpc) is 2.25. The first-order chi connectivity index (χ1) is 6.83. The van der Waals surface area contributed by atoms with Gasteiger partial charge in [0.1, 0.15) is 11.9 Å². The van der Waals surface area contributed by atoms with Crippen molar-refractivity contribution in [2.24, 2.45) is 0 Å². The van der Waals surface area contributed by atoms with E-state index in [1.807, 2.05) is 42.5 Å². The molecule has 0 fully saturated rings. The molecule has 74 valence electrons. The van der Waals surface area contributed by atoms with Crippen molar-refractivity contribution in [2.75, 3.05) is 11.9 Å². The standard InChI is InChI=1S/C11H11BrO2/c12-9-11(13)14-8-4-7-10-5-2-1-3-6-10/h1-7H,8-9H2. The minimum atomic E-state index is -0.247. The van der Waals surface area contributed by atoms with E-state index in [1.165, 1.54) is 0 Å². The SMILES string of the molecule is O=C(CBr)OCC=Cc1ccccc1. The highest BCUT2D eigenvalue weighted by Crippen LogP contribution is 2.00. The lowest BCUT2D eigenvalue weighted by molar-refractivity contribution is -0.139. The predicted octanol–water partition coefficient (Wildman–Crippen LogP) is 2.64. The van der Waals surface area contributed by atoms with Crippen LogP contribution in [0.5, 0.6) is 0 Å². The molecule has 1 aromatic rings. The van der Waals surface area contributed by atoms with Gasteiger partial charge in [0.25, 0.3) is 0 Å². The third kappa shape index (κ3) is 4.23. The van der Waals surface area contributed by atoms with Gasteiger partial charge in [-0.3, -0.25) is 4.79 Å². The van der Waals surface area contributed by atoms with Crippen molar-refractivity contribution in [3.8, 4) is 0 Å². The molecule has 0 saturated carbocycles. The van der Waals surface area contributed by atoms with Crippen molar-refractivity contribution in [1.82, 2.24) is 0 Å². The largest absolute Gasteiger partial charge is 0.461 e. The van der Waals surface area contributed by atoms with Gasteiger partial charge in [-0.15, -0.1) is 0 Å². The molecule has 0 aliphatic rings. The maximum atomic E-state index is 10.7. The second kappa shape index (κ2) is 6.38. The summed E-state index contributed by atoms with van der Waals surface area (Å²) >= 11 is 3.01. The van der Waals surface area contributed by atoms with Crippen LogP contribution in [0.25, 0.3) is 6.08 Å². The Morgan fingerprint density at radius 2 is 2.07 bits per heavy atom. The number of carbonyl (C=O) groups excluding carboxylic acids is 1. The maximum Gasteiger partial charge on any atom is 0.316 e. The second-order valence-electron chi connectivity index (χ2n) is 2.63. The molecule has 0 amide bonds. The number of carbonyl (C=O) groups is 1. The van der Waals surface area contributed by atoms with Crippen molar-refractivity contribution in [3.63, 3.8) is 0 Å². The summed E-state index contributed by atoms with van der Waals surface area (Å²) in [6.45, 7) is 0.319. The van der Waals surface area contributed by atoms with Crippen LogP contribution in [0.2, 0.25) is 0 Å². The number of ether oxygens (including phenoxy) is 1. The number of rotatable bonds is 4. The lowest BCUT2D eigenvalue weighted by Crippen LogP contribution is -2.04. The first kappa shape index (κ1) is 11.0. The summed E-state index contributed by atoms with van der Waals surface area (Å²) in [6.07, 6.45) is 3.73. The van der Waals surface area contributed by atoms with E-state index in [-0.39, 0.29) is 11.3 Å². The summed E-state index contributed by atoms with van der Waals surface area (Å²) in [5.74, 6) is -0.247. The van der Waals surface area contributed by atoms with E-state index in [9.17, 15) is 4.79 Å². The van der Waals surface area contributed by atoms with Gasteiger partial charge < -0.3 is 4.74 Å². The molecule has 0 spiro atoms. The van der Waals surface area contributed by atoms with Gasteiger partial charge in [0.05, 0.1) is 0 Å². The fourth-order valence-electron chi connectivity index (χ4n) is 0.928. The zero-order valence-electron chi connectivity index (χ0n) is 7.65. The number of hydrogen-bond donors (Lipinski definition) is 0. The van der Waals surface area contributed by atoms with E-state index >= 15 is 0 Å². The molecule has 2 nitrogen and oxygen atoms in total. The summed E-state index contributed by atoms with van der Waals surface area (Å²) in [4.78, 5) is 10.7. The normalized spacial score (nSPS) is 10.4. The summed E-state index contributed by atoms with van der Waals surface area (Å²) in [5.41, 5.74) is 1.10. The van der Waals surface area contributed by atoms with E-state index in [2.05, 4.69) is 15.9 Å². The van der Waals surface area contributed by atoms with Crippen molar-refractivity contribution in [3.05, 3.63) is 42.0 Å². The predicted molar refractivity (Wildman–Crippen MR) is 60.2 cm³/mol.